The second-order valence-electron chi connectivity index (χ2n) is 6.01. The van der Waals surface area contributed by atoms with Crippen LogP contribution in [0.4, 0.5) is 0 Å². The highest BCUT2D eigenvalue weighted by atomic mass is 16.2. The van der Waals surface area contributed by atoms with Gasteiger partial charge in [-0.05, 0) is 44.7 Å². The van der Waals surface area contributed by atoms with Crippen molar-refractivity contribution in [2.45, 2.75) is 33.2 Å². The number of hydrogen-bond donors (Lipinski definition) is 0. The highest BCUT2D eigenvalue weighted by Gasteiger charge is 2.24. The Hall–Kier alpha value is -2.17. The zero-order chi connectivity index (χ0) is 15.5. The van der Waals surface area contributed by atoms with E-state index >= 15 is 0 Å². The Labute approximate surface area is 131 Å². The maximum atomic E-state index is 12.4. The minimum atomic E-state index is 0.0500. The lowest BCUT2D eigenvalue weighted by molar-refractivity contribution is 0.0676. The van der Waals surface area contributed by atoms with Crippen molar-refractivity contribution in [2.75, 3.05) is 13.1 Å². The van der Waals surface area contributed by atoms with Gasteiger partial charge in [0.05, 0.1) is 0 Å². The van der Waals surface area contributed by atoms with E-state index in [1.807, 2.05) is 30.2 Å². The molecule has 0 atom stereocenters. The van der Waals surface area contributed by atoms with Gasteiger partial charge in [0, 0.05) is 37.7 Å². The first-order valence-electron chi connectivity index (χ1n) is 7.84. The molecule has 2 aromatic heterocycles. The van der Waals surface area contributed by atoms with Crippen LogP contribution < -0.4 is 0 Å². The fourth-order valence-corrected chi connectivity index (χ4v) is 3.09. The number of imidazole rings is 1. The van der Waals surface area contributed by atoms with Gasteiger partial charge in [-0.3, -0.25) is 9.78 Å². The molecule has 22 heavy (non-hydrogen) atoms. The zero-order valence-electron chi connectivity index (χ0n) is 13.2. The molecule has 0 radical (unpaired) electrons. The van der Waals surface area contributed by atoms with Gasteiger partial charge in [0.25, 0.3) is 5.91 Å². The van der Waals surface area contributed by atoms with Gasteiger partial charge in [-0.15, -0.1) is 0 Å². The Morgan fingerprint density at radius 1 is 1.23 bits per heavy atom. The Kier molecular flexibility index (Phi) is 4.22. The fourth-order valence-electron chi connectivity index (χ4n) is 3.09. The van der Waals surface area contributed by atoms with Gasteiger partial charge in [-0.25, -0.2) is 4.98 Å². The SMILES string of the molecule is Cc1cnc(C)n1CC1CCN(C(=O)c2ccccn2)CC1. The van der Waals surface area contributed by atoms with Crippen LogP contribution in [0.2, 0.25) is 0 Å². The molecule has 0 aromatic carbocycles. The molecule has 3 heterocycles. The number of aryl methyl sites for hydroxylation is 2. The minimum absolute atomic E-state index is 0.0500. The molecule has 0 N–H and O–H groups in total. The maximum absolute atomic E-state index is 12.4. The number of piperidine rings is 1. The van der Waals surface area contributed by atoms with Gasteiger partial charge in [0.2, 0.25) is 0 Å². The number of carbonyl (C=O) groups is 1. The van der Waals surface area contributed by atoms with Crippen molar-refractivity contribution in [3.63, 3.8) is 0 Å². The number of nitrogens with zero attached hydrogens (tertiary/aromatic N) is 4. The number of pyridine rings is 1. The lowest BCUT2D eigenvalue weighted by Gasteiger charge is -2.32. The molecule has 1 amide bonds. The van der Waals surface area contributed by atoms with Crippen LogP contribution in [0.3, 0.4) is 0 Å². The van der Waals surface area contributed by atoms with Gasteiger partial charge in [-0.2, -0.15) is 0 Å². The number of amides is 1. The molecule has 1 fully saturated rings. The Morgan fingerprint density at radius 2 is 2.00 bits per heavy atom. The van der Waals surface area contributed by atoms with Crippen molar-refractivity contribution >= 4 is 5.91 Å². The van der Waals surface area contributed by atoms with Crippen LogP contribution in [0.25, 0.3) is 0 Å². The molecule has 0 saturated carbocycles. The minimum Gasteiger partial charge on any atom is -0.337 e. The number of aromatic nitrogens is 3. The standard InChI is InChI=1S/C17H22N4O/c1-13-11-19-14(2)21(13)12-15-6-9-20(10-7-15)17(22)16-5-3-4-8-18-16/h3-5,8,11,15H,6-7,9-10,12H2,1-2H3. The molecule has 3 rings (SSSR count). The predicted octanol–water partition coefficient (Wildman–Crippen LogP) is 2.45. The molecule has 5 nitrogen and oxygen atoms in total. The fraction of sp³-hybridized carbons (Fsp3) is 0.471. The van der Waals surface area contributed by atoms with E-state index in [2.05, 4.69) is 21.5 Å². The molecular formula is C17H22N4O. The van der Waals surface area contributed by atoms with Gasteiger partial charge in [-0.1, -0.05) is 6.07 Å². The van der Waals surface area contributed by atoms with E-state index in [1.165, 1.54) is 5.69 Å². The van der Waals surface area contributed by atoms with E-state index in [9.17, 15) is 4.79 Å². The lowest BCUT2D eigenvalue weighted by atomic mass is 9.96. The second kappa shape index (κ2) is 6.30. The van der Waals surface area contributed by atoms with E-state index in [0.717, 1.165) is 38.3 Å². The molecule has 1 saturated heterocycles. The number of hydrogen-bond acceptors (Lipinski definition) is 3. The summed E-state index contributed by atoms with van der Waals surface area (Å²) in [4.78, 5) is 22.8. The van der Waals surface area contributed by atoms with Crippen molar-refractivity contribution < 1.29 is 4.79 Å². The van der Waals surface area contributed by atoms with E-state index in [-0.39, 0.29) is 5.91 Å². The van der Waals surface area contributed by atoms with Crippen LogP contribution in [0.1, 0.15) is 34.8 Å². The predicted molar refractivity (Wildman–Crippen MR) is 84.6 cm³/mol. The molecule has 1 aliphatic rings. The van der Waals surface area contributed by atoms with Crippen LogP contribution in [-0.2, 0) is 6.54 Å². The van der Waals surface area contributed by atoms with E-state index in [0.29, 0.717) is 11.6 Å². The molecule has 0 unspecified atom stereocenters. The summed E-state index contributed by atoms with van der Waals surface area (Å²) in [7, 11) is 0. The topological polar surface area (TPSA) is 51.0 Å². The van der Waals surface area contributed by atoms with Crippen molar-refractivity contribution in [1.82, 2.24) is 19.4 Å². The van der Waals surface area contributed by atoms with Crippen molar-refractivity contribution in [3.8, 4) is 0 Å². The quantitative estimate of drug-likeness (QED) is 0.874. The first-order chi connectivity index (χ1) is 10.6. The molecule has 0 spiro atoms. The maximum Gasteiger partial charge on any atom is 0.272 e. The molecular weight excluding hydrogens is 276 g/mol. The third-order valence-corrected chi connectivity index (χ3v) is 4.48. The normalized spacial score (nSPS) is 16.0. The Balaban J connectivity index is 1.58. The summed E-state index contributed by atoms with van der Waals surface area (Å²) < 4.78 is 2.28. The van der Waals surface area contributed by atoms with E-state index in [1.54, 1.807) is 12.3 Å². The molecule has 0 aliphatic carbocycles. The van der Waals surface area contributed by atoms with Gasteiger partial charge < -0.3 is 9.47 Å². The number of likely N-dealkylation sites (tertiary alicyclic amines) is 1. The summed E-state index contributed by atoms with van der Waals surface area (Å²) in [5.41, 5.74) is 1.76. The Morgan fingerprint density at radius 3 is 2.59 bits per heavy atom. The average Bonchev–Trinajstić information content (AvgIpc) is 2.88. The highest BCUT2D eigenvalue weighted by Crippen LogP contribution is 2.21. The van der Waals surface area contributed by atoms with E-state index < -0.39 is 0 Å². The Bertz CT molecular complexity index is 622. The molecule has 5 heteroatoms. The average molecular weight is 298 g/mol. The van der Waals surface area contributed by atoms with Crippen molar-refractivity contribution in [1.29, 1.82) is 0 Å². The summed E-state index contributed by atoms with van der Waals surface area (Å²) in [5, 5.41) is 0. The third kappa shape index (κ3) is 3.03. The zero-order valence-corrected chi connectivity index (χ0v) is 13.2. The largest absolute Gasteiger partial charge is 0.337 e. The first kappa shape index (κ1) is 14.8. The van der Waals surface area contributed by atoms with Gasteiger partial charge >= 0.3 is 0 Å². The van der Waals surface area contributed by atoms with Crippen LogP contribution in [0.5, 0.6) is 0 Å². The summed E-state index contributed by atoms with van der Waals surface area (Å²) in [6.45, 7) is 6.77. The third-order valence-electron chi connectivity index (χ3n) is 4.48. The molecule has 1 aliphatic heterocycles. The second-order valence-corrected chi connectivity index (χ2v) is 6.01. The van der Waals surface area contributed by atoms with Crippen LogP contribution >= 0.6 is 0 Å². The molecule has 0 bridgehead atoms. The summed E-state index contributed by atoms with van der Waals surface area (Å²) >= 11 is 0. The lowest BCUT2D eigenvalue weighted by Crippen LogP contribution is -2.39. The number of rotatable bonds is 3. The van der Waals surface area contributed by atoms with Crippen molar-refractivity contribution in [2.24, 2.45) is 5.92 Å². The smallest absolute Gasteiger partial charge is 0.272 e. The summed E-state index contributed by atoms with van der Waals surface area (Å²) in [6.07, 6.45) is 5.67. The van der Waals surface area contributed by atoms with Crippen LogP contribution in [-0.4, -0.2) is 38.4 Å². The first-order valence-corrected chi connectivity index (χ1v) is 7.84. The van der Waals surface area contributed by atoms with E-state index in [4.69, 9.17) is 0 Å². The highest BCUT2D eigenvalue weighted by molar-refractivity contribution is 5.92. The summed E-state index contributed by atoms with van der Waals surface area (Å²) in [6, 6.07) is 5.48. The number of carbonyl (C=O) groups excluding carboxylic acids is 1. The van der Waals surface area contributed by atoms with Crippen LogP contribution in [0.15, 0.2) is 30.6 Å². The van der Waals surface area contributed by atoms with Crippen molar-refractivity contribution in [3.05, 3.63) is 47.8 Å². The summed E-state index contributed by atoms with van der Waals surface area (Å²) in [5.74, 6) is 1.73. The van der Waals surface area contributed by atoms with Crippen LogP contribution in [0, 0.1) is 19.8 Å². The molecule has 2 aromatic rings. The van der Waals surface area contributed by atoms with Gasteiger partial charge in [0.1, 0.15) is 11.5 Å². The molecule has 116 valence electrons. The van der Waals surface area contributed by atoms with Gasteiger partial charge in [0.15, 0.2) is 0 Å². The monoisotopic (exact) mass is 298 g/mol.